The molecule has 0 spiro atoms. The summed E-state index contributed by atoms with van der Waals surface area (Å²) in [5, 5.41) is 9.82. The van der Waals surface area contributed by atoms with Gasteiger partial charge in [0.1, 0.15) is 11.3 Å². The highest BCUT2D eigenvalue weighted by Gasteiger charge is 2.18. The molecule has 0 atom stereocenters. The lowest BCUT2D eigenvalue weighted by Gasteiger charge is -2.16. The van der Waals surface area contributed by atoms with Crippen molar-refractivity contribution in [2.45, 2.75) is 32.6 Å². The van der Waals surface area contributed by atoms with Crippen molar-refractivity contribution >= 4 is 20.1 Å². The number of allylic oxidation sites excluding steroid dienone is 1. The molecule has 1 N–H and O–H groups in total. The van der Waals surface area contributed by atoms with E-state index in [-0.39, 0.29) is 11.3 Å². The van der Waals surface area contributed by atoms with E-state index in [1.165, 1.54) is 6.07 Å². The van der Waals surface area contributed by atoms with E-state index in [1.54, 1.807) is 18.2 Å². The van der Waals surface area contributed by atoms with Crippen molar-refractivity contribution in [2.75, 3.05) is 6.61 Å². The van der Waals surface area contributed by atoms with Crippen LogP contribution in [0.1, 0.15) is 22.8 Å². The van der Waals surface area contributed by atoms with Gasteiger partial charge in [-0.15, -0.1) is 0 Å². The van der Waals surface area contributed by atoms with Crippen molar-refractivity contribution in [3.05, 3.63) is 35.4 Å². The third-order valence-electron chi connectivity index (χ3n) is 2.71. The van der Waals surface area contributed by atoms with Crippen LogP contribution in [-0.2, 0) is 4.74 Å². The molecule has 19 heavy (non-hydrogen) atoms. The van der Waals surface area contributed by atoms with Crippen molar-refractivity contribution in [3.8, 4) is 5.75 Å². The van der Waals surface area contributed by atoms with Gasteiger partial charge in [0.25, 0.3) is 0 Å². The number of phenols is 1. The van der Waals surface area contributed by atoms with Crippen molar-refractivity contribution < 1.29 is 14.6 Å². The van der Waals surface area contributed by atoms with Gasteiger partial charge in [0.15, 0.2) is 0 Å². The minimum atomic E-state index is -1.22. The summed E-state index contributed by atoms with van der Waals surface area (Å²) < 4.78 is 5.27. The third kappa shape index (κ3) is 4.91. The molecular weight excluding hydrogens is 256 g/mol. The van der Waals surface area contributed by atoms with Crippen molar-refractivity contribution in [1.29, 1.82) is 0 Å². The van der Waals surface area contributed by atoms with Gasteiger partial charge in [0.2, 0.25) is 0 Å². The Morgan fingerprint density at radius 3 is 2.63 bits per heavy atom. The normalized spacial score (nSPS) is 11.8. The zero-order valence-corrected chi connectivity index (χ0v) is 13.1. The monoisotopic (exact) mass is 278 g/mol. The van der Waals surface area contributed by atoms with Crippen LogP contribution in [0.4, 0.5) is 0 Å². The number of rotatable bonds is 5. The summed E-state index contributed by atoms with van der Waals surface area (Å²) in [5.41, 5.74) is 0.927. The SMILES string of the molecule is CC=Cc1cccc(O)c1C(=O)OCC[Si](C)(C)C. The Morgan fingerprint density at radius 2 is 2.05 bits per heavy atom. The van der Waals surface area contributed by atoms with Gasteiger partial charge < -0.3 is 9.84 Å². The van der Waals surface area contributed by atoms with E-state index in [9.17, 15) is 9.90 Å². The van der Waals surface area contributed by atoms with Crippen LogP contribution < -0.4 is 0 Å². The molecule has 0 amide bonds. The van der Waals surface area contributed by atoms with Crippen LogP contribution in [0.15, 0.2) is 24.3 Å². The number of aromatic hydroxyl groups is 1. The molecule has 0 heterocycles. The fourth-order valence-corrected chi connectivity index (χ4v) is 2.33. The van der Waals surface area contributed by atoms with Crippen LogP contribution in [0.3, 0.4) is 0 Å². The first-order valence-corrected chi connectivity index (χ1v) is 10.2. The minimum absolute atomic E-state index is 0.0337. The van der Waals surface area contributed by atoms with Crippen LogP contribution in [0.2, 0.25) is 25.7 Å². The lowest BCUT2D eigenvalue weighted by Crippen LogP contribution is -2.22. The van der Waals surface area contributed by atoms with Gasteiger partial charge in [0, 0.05) is 8.07 Å². The Balaban J connectivity index is 2.82. The highest BCUT2D eigenvalue weighted by atomic mass is 28.3. The maximum Gasteiger partial charge on any atom is 0.342 e. The van der Waals surface area contributed by atoms with Gasteiger partial charge in [-0.3, -0.25) is 0 Å². The summed E-state index contributed by atoms with van der Waals surface area (Å²) in [6.45, 7) is 8.97. The number of carbonyl (C=O) groups is 1. The van der Waals surface area contributed by atoms with Gasteiger partial charge in [-0.25, -0.2) is 4.79 Å². The fourth-order valence-electron chi connectivity index (χ4n) is 1.62. The lowest BCUT2D eigenvalue weighted by molar-refractivity contribution is 0.0521. The quantitative estimate of drug-likeness (QED) is 0.656. The second-order valence-electron chi connectivity index (χ2n) is 5.69. The molecule has 1 aromatic carbocycles. The van der Waals surface area contributed by atoms with Crippen molar-refractivity contribution in [3.63, 3.8) is 0 Å². The molecule has 0 fully saturated rings. The molecule has 0 radical (unpaired) electrons. The average molecular weight is 278 g/mol. The summed E-state index contributed by atoms with van der Waals surface area (Å²) in [5.74, 6) is -0.488. The summed E-state index contributed by atoms with van der Waals surface area (Å²) >= 11 is 0. The molecule has 0 aliphatic carbocycles. The molecule has 1 rings (SSSR count). The molecule has 0 aromatic heterocycles. The van der Waals surface area contributed by atoms with Crippen molar-refractivity contribution in [2.24, 2.45) is 0 Å². The van der Waals surface area contributed by atoms with E-state index >= 15 is 0 Å². The molecule has 4 heteroatoms. The van der Waals surface area contributed by atoms with E-state index in [0.29, 0.717) is 12.2 Å². The second-order valence-corrected chi connectivity index (χ2v) is 11.3. The standard InChI is InChI=1S/C15H22O3Si/c1-5-7-12-8-6-9-13(16)14(12)15(17)18-10-11-19(2,3)4/h5-9,16H,10-11H2,1-4H3. The maximum absolute atomic E-state index is 12.0. The topological polar surface area (TPSA) is 46.5 Å². The molecule has 1 aromatic rings. The molecule has 104 valence electrons. The first kappa shape index (κ1) is 15.5. The number of phenolic OH excluding ortho intramolecular Hbond substituents is 1. The van der Waals surface area contributed by atoms with Crippen LogP contribution in [0, 0.1) is 0 Å². The van der Waals surface area contributed by atoms with Gasteiger partial charge in [-0.1, -0.05) is 43.9 Å². The molecule has 0 saturated carbocycles. The summed E-state index contributed by atoms with van der Waals surface area (Å²) in [6.07, 6.45) is 3.61. The first-order chi connectivity index (χ1) is 8.85. The Labute approximate surface area is 115 Å². The van der Waals surface area contributed by atoms with Gasteiger partial charge in [-0.2, -0.15) is 0 Å². The zero-order valence-electron chi connectivity index (χ0n) is 12.1. The number of benzene rings is 1. The molecule has 3 nitrogen and oxygen atoms in total. The lowest BCUT2D eigenvalue weighted by atomic mass is 10.1. The number of hydrogen-bond acceptors (Lipinski definition) is 3. The number of hydrogen-bond donors (Lipinski definition) is 1. The van der Waals surface area contributed by atoms with Crippen LogP contribution in [0.5, 0.6) is 5.75 Å². The average Bonchev–Trinajstić information content (AvgIpc) is 2.27. The molecule has 0 bridgehead atoms. The highest BCUT2D eigenvalue weighted by Crippen LogP contribution is 2.23. The Bertz CT molecular complexity index is 473. The van der Waals surface area contributed by atoms with Gasteiger partial charge in [0.05, 0.1) is 6.61 Å². The first-order valence-electron chi connectivity index (χ1n) is 6.47. The summed E-state index contributed by atoms with van der Waals surface area (Å²) in [6, 6.07) is 5.92. The van der Waals surface area contributed by atoms with Crippen LogP contribution >= 0.6 is 0 Å². The predicted molar refractivity (Wildman–Crippen MR) is 81.3 cm³/mol. The van der Waals surface area contributed by atoms with E-state index < -0.39 is 14.0 Å². The van der Waals surface area contributed by atoms with E-state index in [2.05, 4.69) is 19.6 Å². The number of ether oxygens (including phenoxy) is 1. The fraction of sp³-hybridized carbons (Fsp3) is 0.400. The predicted octanol–water partition coefficient (Wildman–Crippen LogP) is 3.92. The molecule has 0 aliphatic rings. The minimum Gasteiger partial charge on any atom is -0.507 e. The molecule has 0 unspecified atom stereocenters. The zero-order chi connectivity index (χ0) is 14.5. The summed E-state index contributed by atoms with van der Waals surface area (Å²) in [4.78, 5) is 12.0. The molecule has 0 saturated heterocycles. The van der Waals surface area contributed by atoms with E-state index in [4.69, 9.17) is 4.74 Å². The largest absolute Gasteiger partial charge is 0.507 e. The van der Waals surface area contributed by atoms with Crippen LogP contribution in [-0.4, -0.2) is 25.8 Å². The molecule has 0 aliphatic heterocycles. The third-order valence-corrected chi connectivity index (χ3v) is 4.41. The van der Waals surface area contributed by atoms with Crippen molar-refractivity contribution in [1.82, 2.24) is 0 Å². The smallest absolute Gasteiger partial charge is 0.342 e. The van der Waals surface area contributed by atoms with Crippen LogP contribution in [0.25, 0.3) is 6.08 Å². The summed E-state index contributed by atoms with van der Waals surface area (Å²) in [7, 11) is -1.22. The Hall–Kier alpha value is -1.55. The number of esters is 1. The Kier molecular flexibility index (Phi) is 5.36. The van der Waals surface area contributed by atoms with Gasteiger partial charge in [-0.05, 0) is 24.6 Å². The van der Waals surface area contributed by atoms with E-state index in [1.807, 2.05) is 13.0 Å². The van der Waals surface area contributed by atoms with E-state index in [0.717, 1.165) is 6.04 Å². The second kappa shape index (κ2) is 6.57. The maximum atomic E-state index is 12.0. The number of carbonyl (C=O) groups excluding carboxylic acids is 1. The molecular formula is C15H22O3Si. The highest BCUT2D eigenvalue weighted by molar-refractivity contribution is 6.76. The Morgan fingerprint density at radius 1 is 1.37 bits per heavy atom. The van der Waals surface area contributed by atoms with Gasteiger partial charge >= 0.3 is 5.97 Å².